The third kappa shape index (κ3) is 6.44. The molecule has 0 radical (unpaired) electrons. The Balaban J connectivity index is 0.964. The van der Waals surface area contributed by atoms with E-state index in [1.807, 2.05) is 46.9 Å². The Morgan fingerprint density at radius 1 is 0.329 bits per heavy atom. The van der Waals surface area contributed by atoms with Crippen molar-refractivity contribution in [3.05, 3.63) is 277 Å². The van der Waals surface area contributed by atoms with Crippen molar-refractivity contribution in [1.82, 2.24) is 0 Å². The second-order valence-electron chi connectivity index (χ2n) is 18.7. The van der Waals surface area contributed by atoms with Gasteiger partial charge in [0, 0.05) is 74.3 Å². The van der Waals surface area contributed by atoms with Crippen molar-refractivity contribution in [1.29, 1.82) is 0 Å². The maximum absolute atomic E-state index is 6.95. The van der Waals surface area contributed by atoms with Gasteiger partial charge in [0.05, 0.1) is 11.1 Å². The number of anilines is 6. The van der Waals surface area contributed by atoms with Gasteiger partial charge in [-0.15, -0.1) is 22.7 Å². The molecule has 0 saturated heterocycles. The number of hydrogen-bond donors (Lipinski definition) is 0. The van der Waals surface area contributed by atoms with E-state index in [2.05, 4.69) is 240 Å². The van der Waals surface area contributed by atoms with E-state index < -0.39 is 5.41 Å². The molecule has 344 valence electrons. The van der Waals surface area contributed by atoms with Crippen LogP contribution in [0.15, 0.2) is 255 Å². The zero-order valence-electron chi connectivity index (χ0n) is 39.3. The van der Waals surface area contributed by atoms with Gasteiger partial charge in [0.15, 0.2) is 23.0 Å². The van der Waals surface area contributed by atoms with E-state index in [1.165, 1.54) is 45.9 Å². The number of rotatable bonds is 8. The molecule has 0 bridgehead atoms. The summed E-state index contributed by atoms with van der Waals surface area (Å²) in [5, 5.41) is 5.05. The summed E-state index contributed by atoms with van der Waals surface area (Å²) in [4.78, 5) is 4.82. The predicted molar refractivity (Wildman–Crippen MR) is 305 cm³/mol. The number of fused-ring (bicyclic) bond motifs is 12. The van der Waals surface area contributed by atoms with Gasteiger partial charge in [-0.25, -0.2) is 0 Å². The molecule has 4 nitrogen and oxygen atoms in total. The van der Waals surface area contributed by atoms with Crippen LogP contribution in [0, 0.1) is 0 Å². The maximum atomic E-state index is 6.95. The smallest absolute Gasteiger partial charge is 0.178 e. The molecule has 6 heteroatoms. The van der Waals surface area contributed by atoms with Crippen LogP contribution in [0.2, 0.25) is 0 Å². The zero-order valence-corrected chi connectivity index (χ0v) is 40.9. The lowest BCUT2D eigenvalue weighted by atomic mass is 9.67. The zero-order chi connectivity index (χ0) is 48.0. The summed E-state index contributed by atoms with van der Waals surface area (Å²) in [5.41, 5.74) is 12.5. The SMILES string of the molecule is c1ccc(N(c2ccc(C3(c4cccc(N(c5ccccc5)c5cccc6sc7ccccc7c56)c4)c4ccccc4-c4c3ccc3c4Oc4ccccc4O3)cc2)c2ccc3sc4ccccc4c3c2)cc1. The van der Waals surface area contributed by atoms with Gasteiger partial charge in [0.2, 0.25) is 0 Å². The summed E-state index contributed by atoms with van der Waals surface area (Å²) in [6.45, 7) is 0. The van der Waals surface area contributed by atoms with Crippen LogP contribution in [0.1, 0.15) is 22.3 Å². The Morgan fingerprint density at radius 2 is 0.904 bits per heavy atom. The molecule has 13 aromatic rings. The standard InChI is InChI=1S/C67H42N2O2S2/c1-3-18-45(19-4-1)68(49-37-40-62-53(42-49)50-23-8-13-30-60(50)72-62)47-35-33-43(34-36-47)67(54-26-10-7-24-51(54)64-55(67)38-39-59-66(64)71-58-29-12-11-28-57(58)70-59)44-17-15-22-48(41-44)69(46-20-5-2-6-21-46)56-27-16-32-63-65(56)52-25-9-14-31-61(52)73-63/h1-42H. The quantitative estimate of drug-likeness (QED) is 0.151. The van der Waals surface area contributed by atoms with E-state index in [1.54, 1.807) is 0 Å². The van der Waals surface area contributed by atoms with Gasteiger partial charge in [-0.1, -0.05) is 146 Å². The van der Waals surface area contributed by atoms with E-state index in [0.29, 0.717) is 17.2 Å². The van der Waals surface area contributed by atoms with E-state index in [-0.39, 0.29) is 0 Å². The van der Waals surface area contributed by atoms with Gasteiger partial charge in [-0.2, -0.15) is 0 Å². The molecule has 0 fully saturated rings. The lowest BCUT2D eigenvalue weighted by Crippen LogP contribution is -2.29. The molecule has 1 aliphatic heterocycles. The highest BCUT2D eigenvalue weighted by atomic mass is 32.1. The summed E-state index contributed by atoms with van der Waals surface area (Å²) in [5.74, 6) is 2.84. The Morgan fingerprint density at radius 3 is 1.71 bits per heavy atom. The highest BCUT2D eigenvalue weighted by molar-refractivity contribution is 7.26. The van der Waals surface area contributed by atoms with Gasteiger partial charge in [-0.3, -0.25) is 0 Å². The molecule has 2 aromatic heterocycles. The fourth-order valence-electron chi connectivity index (χ4n) is 11.7. The molecule has 2 aliphatic rings. The summed E-state index contributed by atoms with van der Waals surface area (Å²) in [7, 11) is 0. The lowest BCUT2D eigenvalue weighted by molar-refractivity contribution is 0.360. The Labute approximate surface area is 430 Å². The molecule has 11 aromatic carbocycles. The number of nitrogens with zero attached hydrogens (tertiary/aromatic N) is 2. The number of hydrogen-bond acceptors (Lipinski definition) is 6. The van der Waals surface area contributed by atoms with Crippen LogP contribution in [-0.2, 0) is 5.41 Å². The van der Waals surface area contributed by atoms with Crippen molar-refractivity contribution in [2.45, 2.75) is 5.41 Å². The third-order valence-corrected chi connectivity index (χ3v) is 17.1. The normalized spacial score (nSPS) is 14.3. The fourth-order valence-corrected chi connectivity index (χ4v) is 13.9. The first-order valence-corrected chi connectivity index (χ1v) is 26.3. The first-order valence-electron chi connectivity index (χ1n) is 24.6. The molecule has 0 N–H and O–H groups in total. The number of benzene rings is 11. The van der Waals surface area contributed by atoms with Crippen LogP contribution >= 0.6 is 22.7 Å². The summed E-state index contributed by atoms with van der Waals surface area (Å²) < 4.78 is 18.7. The van der Waals surface area contributed by atoms with Crippen molar-refractivity contribution >= 4 is 97.1 Å². The minimum atomic E-state index is -0.786. The molecular formula is C67H42N2O2S2. The summed E-state index contributed by atoms with van der Waals surface area (Å²) >= 11 is 3.69. The maximum Gasteiger partial charge on any atom is 0.178 e. The fraction of sp³-hybridized carbons (Fsp3) is 0.0149. The van der Waals surface area contributed by atoms with Crippen molar-refractivity contribution < 1.29 is 9.47 Å². The lowest BCUT2D eigenvalue weighted by Gasteiger charge is -2.36. The van der Waals surface area contributed by atoms with Crippen molar-refractivity contribution in [3.63, 3.8) is 0 Å². The molecule has 73 heavy (non-hydrogen) atoms. The van der Waals surface area contributed by atoms with Crippen LogP contribution in [0.4, 0.5) is 34.1 Å². The largest absolute Gasteiger partial charge is 0.449 e. The molecule has 1 atom stereocenters. The van der Waals surface area contributed by atoms with E-state index >= 15 is 0 Å². The average molecular weight is 971 g/mol. The molecule has 0 amide bonds. The van der Waals surface area contributed by atoms with E-state index in [4.69, 9.17) is 9.47 Å². The number of para-hydroxylation sites is 4. The second kappa shape index (κ2) is 16.6. The van der Waals surface area contributed by atoms with Crippen molar-refractivity contribution in [2.75, 3.05) is 9.80 Å². The van der Waals surface area contributed by atoms with Crippen molar-refractivity contribution in [3.8, 4) is 34.1 Å². The van der Waals surface area contributed by atoms with Gasteiger partial charge in [0.25, 0.3) is 0 Å². The van der Waals surface area contributed by atoms with Gasteiger partial charge >= 0.3 is 0 Å². The minimum absolute atomic E-state index is 0.701. The van der Waals surface area contributed by atoms with Crippen molar-refractivity contribution in [2.24, 2.45) is 0 Å². The van der Waals surface area contributed by atoms with E-state index in [0.717, 1.165) is 67.7 Å². The Hall–Kier alpha value is -8.94. The van der Waals surface area contributed by atoms with Crippen LogP contribution < -0.4 is 19.3 Å². The van der Waals surface area contributed by atoms with Crippen LogP contribution in [0.3, 0.4) is 0 Å². The highest BCUT2D eigenvalue weighted by Gasteiger charge is 2.49. The topological polar surface area (TPSA) is 24.9 Å². The van der Waals surface area contributed by atoms with Crippen LogP contribution in [0.5, 0.6) is 23.0 Å². The molecule has 0 spiro atoms. The highest BCUT2D eigenvalue weighted by Crippen LogP contribution is 2.63. The summed E-state index contributed by atoms with van der Waals surface area (Å²) in [6.07, 6.45) is 0. The molecule has 1 aliphatic carbocycles. The Bertz CT molecular complexity index is 4300. The molecular weight excluding hydrogens is 929 g/mol. The first kappa shape index (κ1) is 41.8. The van der Waals surface area contributed by atoms with Crippen LogP contribution in [0.25, 0.3) is 51.5 Å². The minimum Gasteiger partial charge on any atom is -0.449 e. The van der Waals surface area contributed by atoms with E-state index in [9.17, 15) is 0 Å². The first-order chi connectivity index (χ1) is 36.2. The summed E-state index contributed by atoms with van der Waals surface area (Å²) in [6, 6.07) is 92.3. The molecule has 3 heterocycles. The molecule has 1 unspecified atom stereocenters. The molecule has 15 rings (SSSR count). The monoisotopic (exact) mass is 970 g/mol. The van der Waals surface area contributed by atoms with Gasteiger partial charge < -0.3 is 19.3 Å². The van der Waals surface area contributed by atoms with Gasteiger partial charge in [-0.05, 0) is 137 Å². The second-order valence-corrected chi connectivity index (χ2v) is 20.9. The Kier molecular flexibility index (Phi) is 9.49. The third-order valence-electron chi connectivity index (χ3n) is 14.8. The number of ether oxygens (including phenoxy) is 2. The number of thiophene rings is 2. The van der Waals surface area contributed by atoms with Crippen LogP contribution in [-0.4, -0.2) is 0 Å². The molecule has 0 saturated carbocycles. The average Bonchev–Trinajstić information content (AvgIpc) is 4.18. The van der Waals surface area contributed by atoms with Gasteiger partial charge in [0.1, 0.15) is 0 Å². The predicted octanol–water partition coefficient (Wildman–Crippen LogP) is 19.6.